The lowest BCUT2D eigenvalue weighted by Crippen LogP contribution is -1.97. The molecule has 0 bridgehead atoms. The average Bonchev–Trinajstić information content (AvgIpc) is 2.41. The number of ether oxygens (including phenoxy) is 1. The summed E-state index contributed by atoms with van der Waals surface area (Å²) >= 11 is 3.38. The Morgan fingerprint density at radius 2 is 2.05 bits per heavy atom. The normalized spacial score (nSPS) is 10.0. The zero-order valence-electron chi connectivity index (χ0n) is 10.8. The van der Waals surface area contributed by atoms with E-state index in [4.69, 9.17) is 10.00 Å². The first kappa shape index (κ1) is 13.6. The number of aryl methyl sites for hydroxylation is 2. The van der Waals surface area contributed by atoms with E-state index in [0.29, 0.717) is 17.1 Å². The van der Waals surface area contributed by atoms with Gasteiger partial charge in [-0.2, -0.15) is 5.26 Å². The number of nitriles is 1. The zero-order valence-corrected chi connectivity index (χ0v) is 12.4. The summed E-state index contributed by atoms with van der Waals surface area (Å²) in [6.45, 7) is 3.98. The molecule has 1 heterocycles. The zero-order chi connectivity index (χ0) is 13.8. The Labute approximate surface area is 121 Å². The molecule has 2 aromatic rings. The highest BCUT2D eigenvalue weighted by Crippen LogP contribution is 2.30. The standard InChI is InChI=1S/C15H13BrN2O/c1-3-13-14(7-4-10(2)18-13)19-15-8-12(16)6-5-11(15)9-17/h4-8H,3H2,1-2H3. The topological polar surface area (TPSA) is 45.9 Å². The van der Waals surface area contributed by atoms with Gasteiger partial charge >= 0.3 is 0 Å². The number of benzene rings is 1. The maximum Gasteiger partial charge on any atom is 0.148 e. The van der Waals surface area contributed by atoms with Crippen molar-refractivity contribution in [2.45, 2.75) is 20.3 Å². The van der Waals surface area contributed by atoms with Gasteiger partial charge in [-0.15, -0.1) is 0 Å². The third-order valence-corrected chi connectivity index (χ3v) is 3.18. The van der Waals surface area contributed by atoms with Crippen molar-refractivity contribution in [1.82, 2.24) is 4.98 Å². The molecular weight excluding hydrogens is 304 g/mol. The van der Waals surface area contributed by atoms with Crippen molar-refractivity contribution in [3.8, 4) is 17.6 Å². The summed E-state index contributed by atoms with van der Waals surface area (Å²) in [5, 5.41) is 9.10. The minimum Gasteiger partial charge on any atom is -0.454 e. The molecule has 0 saturated carbocycles. The van der Waals surface area contributed by atoms with Gasteiger partial charge < -0.3 is 4.74 Å². The van der Waals surface area contributed by atoms with Crippen LogP contribution in [0.25, 0.3) is 0 Å². The number of pyridine rings is 1. The minimum absolute atomic E-state index is 0.505. The molecule has 0 atom stereocenters. The summed E-state index contributed by atoms with van der Waals surface area (Å²) in [6.07, 6.45) is 0.785. The highest BCUT2D eigenvalue weighted by molar-refractivity contribution is 9.10. The Hall–Kier alpha value is -1.86. The van der Waals surface area contributed by atoms with Crippen LogP contribution < -0.4 is 4.74 Å². The summed E-state index contributed by atoms with van der Waals surface area (Å²) in [5.74, 6) is 1.24. The molecule has 3 nitrogen and oxygen atoms in total. The van der Waals surface area contributed by atoms with Crippen molar-refractivity contribution < 1.29 is 4.74 Å². The molecule has 0 aliphatic heterocycles. The minimum atomic E-state index is 0.505. The van der Waals surface area contributed by atoms with Crippen molar-refractivity contribution in [2.24, 2.45) is 0 Å². The van der Waals surface area contributed by atoms with Crippen LogP contribution in [0.5, 0.6) is 11.5 Å². The van der Waals surface area contributed by atoms with Gasteiger partial charge in [0.1, 0.15) is 17.6 Å². The number of aromatic nitrogens is 1. The fourth-order valence-electron chi connectivity index (χ4n) is 1.74. The SMILES string of the molecule is CCc1nc(C)ccc1Oc1cc(Br)ccc1C#N. The highest BCUT2D eigenvalue weighted by Gasteiger charge is 2.09. The fraction of sp³-hybridized carbons (Fsp3) is 0.200. The number of hydrogen-bond acceptors (Lipinski definition) is 3. The van der Waals surface area contributed by atoms with Crippen molar-refractivity contribution in [1.29, 1.82) is 5.26 Å². The van der Waals surface area contributed by atoms with E-state index in [-0.39, 0.29) is 0 Å². The van der Waals surface area contributed by atoms with Crippen LogP contribution in [0.15, 0.2) is 34.8 Å². The second kappa shape index (κ2) is 5.85. The summed E-state index contributed by atoms with van der Waals surface area (Å²) in [5.41, 5.74) is 2.36. The summed E-state index contributed by atoms with van der Waals surface area (Å²) < 4.78 is 6.72. The lowest BCUT2D eigenvalue weighted by molar-refractivity contribution is 0.471. The van der Waals surface area contributed by atoms with Crippen LogP contribution in [0.3, 0.4) is 0 Å². The van der Waals surface area contributed by atoms with Crippen LogP contribution in [0, 0.1) is 18.3 Å². The van der Waals surface area contributed by atoms with Crippen LogP contribution in [0.2, 0.25) is 0 Å². The lowest BCUT2D eigenvalue weighted by Gasteiger charge is -2.11. The summed E-state index contributed by atoms with van der Waals surface area (Å²) in [4.78, 5) is 4.45. The molecule has 19 heavy (non-hydrogen) atoms. The van der Waals surface area contributed by atoms with E-state index in [2.05, 4.69) is 27.0 Å². The van der Waals surface area contributed by atoms with E-state index >= 15 is 0 Å². The first-order valence-corrected chi connectivity index (χ1v) is 6.77. The lowest BCUT2D eigenvalue weighted by atomic mass is 10.2. The van der Waals surface area contributed by atoms with Crippen molar-refractivity contribution in [3.63, 3.8) is 0 Å². The molecule has 0 amide bonds. The first-order chi connectivity index (χ1) is 9.13. The van der Waals surface area contributed by atoms with Crippen molar-refractivity contribution >= 4 is 15.9 Å². The Morgan fingerprint density at radius 1 is 1.26 bits per heavy atom. The van der Waals surface area contributed by atoms with Gasteiger partial charge in [0.2, 0.25) is 0 Å². The smallest absolute Gasteiger partial charge is 0.148 e. The highest BCUT2D eigenvalue weighted by atomic mass is 79.9. The molecule has 2 rings (SSSR count). The van der Waals surface area contributed by atoms with Gasteiger partial charge in [0, 0.05) is 10.2 Å². The van der Waals surface area contributed by atoms with Crippen molar-refractivity contribution in [2.75, 3.05) is 0 Å². The number of hydrogen-bond donors (Lipinski definition) is 0. The first-order valence-electron chi connectivity index (χ1n) is 5.98. The molecule has 0 N–H and O–H groups in total. The van der Waals surface area contributed by atoms with Crippen LogP contribution in [0.4, 0.5) is 0 Å². The molecule has 0 aliphatic carbocycles. The predicted octanol–water partition coefficient (Wildman–Crippen LogP) is 4.38. The Kier molecular flexibility index (Phi) is 4.18. The van der Waals surface area contributed by atoms with E-state index < -0.39 is 0 Å². The molecule has 96 valence electrons. The Balaban J connectivity index is 2.41. The number of nitrogens with zero attached hydrogens (tertiary/aromatic N) is 2. The molecule has 4 heteroatoms. The van der Waals surface area contributed by atoms with E-state index in [1.54, 1.807) is 12.1 Å². The molecule has 0 radical (unpaired) electrons. The Morgan fingerprint density at radius 3 is 2.74 bits per heavy atom. The third kappa shape index (κ3) is 3.12. The van der Waals surface area contributed by atoms with E-state index in [1.807, 2.05) is 32.0 Å². The third-order valence-electron chi connectivity index (χ3n) is 2.69. The monoisotopic (exact) mass is 316 g/mol. The maximum atomic E-state index is 9.10. The Bertz CT molecular complexity index is 647. The van der Waals surface area contributed by atoms with Gasteiger partial charge in [-0.3, -0.25) is 4.98 Å². The molecule has 0 spiro atoms. The average molecular weight is 317 g/mol. The quantitative estimate of drug-likeness (QED) is 0.844. The van der Waals surface area contributed by atoms with Crippen LogP contribution in [-0.2, 0) is 6.42 Å². The van der Waals surface area contributed by atoms with Crippen LogP contribution in [0.1, 0.15) is 23.9 Å². The predicted molar refractivity (Wildman–Crippen MR) is 77.3 cm³/mol. The van der Waals surface area contributed by atoms with Gasteiger partial charge in [-0.25, -0.2) is 0 Å². The van der Waals surface area contributed by atoms with Crippen LogP contribution >= 0.6 is 15.9 Å². The second-order valence-corrected chi connectivity index (χ2v) is 5.02. The van der Waals surface area contributed by atoms with Gasteiger partial charge in [-0.05, 0) is 43.7 Å². The largest absolute Gasteiger partial charge is 0.454 e. The van der Waals surface area contributed by atoms with Gasteiger partial charge in [0.05, 0.1) is 11.3 Å². The summed E-state index contributed by atoms with van der Waals surface area (Å²) in [7, 11) is 0. The van der Waals surface area contributed by atoms with Crippen molar-refractivity contribution in [3.05, 3.63) is 51.8 Å². The molecule has 0 saturated heterocycles. The fourth-order valence-corrected chi connectivity index (χ4v) is 2.08. The van der Waals surface area contributed by atoms with Gasteiger partial charge in [0.15, 0.2) is 0 Å². The maximum absolute atomic E-state index is 9.10. The molecule has 0 unspecified atom stereocenters. The van der Waals surface area contributed by atoms with E-state index in [9.17, 15) is 0 Å². The van der Waals surface area contributed by atoms with E-state index in [1.165, 1.54) is 0 Å². The van der Waals surface area contributed by atoms with Gasteiger partial charge in [0.25, 0.3) is 0 Å². The molecule has 0 fully saturated rings. The molecule has 1 aromatic heterocycles. The van der Waals surface area contributed by atoms with Crippen LogP contribution in [-0.4, -0.2) is 4.98 Å². The molecule has 0 aliphatic rings. The second-order valence-electron chi connectivity index (χ2n) is 4.11. The molecule has 1 aromatic carbocycles. The molecular formula is C15H13BrN2O. The van der Waals surface area contributed by atoms with E-state index in [0.717, 1.165) is 22.3 Å². The van der Waals surface area contributed by atoms with Gasteiger partial charge in [-0.1, -0.05) is 22.9 Å². The number of halogens is 1. The number of rotatable bonds is 3. The summed E-state index contributed by atoms with van der Waals surface area (Å²) in [6, 6.07) is 11.3.